The fourth-order valence-electron chi connectivity index (χ4n) is 2.81. The lowest BCUT2D eigenvalue weighted by atomic mass is 10.2. The van der Waals surface area contributed by atoms with Crippen LogP contribution < -0.4 is 19.1 Å². The van der Waals surface area contributed by atoms with Crippen LogP contribution in [0, 0.1) is 0 Å². The fraction of sp³-hybridized carbons (Fsp3) is 0.444. The van der Waals surface area contributed by atoms with Crippen molar-refractivity contribution < 1.29 is 18.9 Å². The molecule has 0 radical (unpaired) electrons. The first-order valence-corrected chi connectivity index (χ1v) is 8.54. The van der Waals surface area contributed by atoms with E-state index in [-0.39, 0.29) is 6.79 Å². The van der Waals surface area contributed by atoms with Crippen LogP contribution in [-0.4, -0.2) is 43.1 Å². The first-order chi connectivity index (χ1) is 12.3. The Hall–Kier alpha value is -2.54. The zero-order valence-corrected chi connectivity index (χ0v) is 14.2. The molecular weight excluding hydrogens is 322 g/mol. The van der Waals surface area contributed by atoms with Gasteiger partial charge in [0.2, 0.25) is 18.6 Å². The Morgan fingerprint density at radius 2 is 1.92 bits per heavy atom. The van der Waals surface area contributed by atoms with Crippen molar-refractivity contribution in [2.75, 3.05) is 38.0 Å². The predicted octanol–water partition coefficient (Wildman–Crippen LogP) is 2.18. The molecule has 1 aromatic carbocycles. The minimum atomic E-state index is 0.272. The third kappa shape index (κ3) is 3.61. The lowest BCUT2D eigenvalue weighted by molar-refractivity contribution is 0.122. The van der Waals surface area contributed by atoms with Gasteiger partial charge in [0.25, 0.3) is 0 Å². The summed E-state index contributed by atoms with van der Waals surface area (Å²) in [6.45, 7) is 5.77. The second-order valence-electron chi connectivity index (χ2n) is 5.93. The van der Waals surface area contributed by atoms with Crippen LogP contribution in [0.15, 0.2) is 24.3 Å². The van der Waals surface area contributed by atoms with Crippen LogP contribution >= 0.6 is 0 Å². The molecule has 2 aliphatic rings. The van der Waals surface area contributed by atoms with Gasteiger partial charge in [-0.2, -0.15) is 4.98 Å². The maximum absolute atomic E-state index is 5.92. The number of nitrogens with zero attached hydrogens (tertiary/aromatic N) is 3. The average Bonchev–Trinajstić information content (AvgIpc) is 3.14. The number of fused-ring (bicyclic) bond motifs is 1. The Morgan fingerprint density at radius 1 is 1.08 bits per heavy atom. The molecule has 0 N–H and O–H groups in total. The van der Waals surface area contributed by atoms with Crippen LogP contribution in [-0.2, 0) is 17.8 Å². The SMILES string of the molecule is CCc1cc(OCc2ccc3c(c2)OCO3)nc(N2CCOCC2)n1. The third-order valence-corrected chi connectivity index (χ3v) is 4.22. The molecule has 0 unspecified atom stereocenters. The maximum Gasteiger partial charge on any atom is 0.231 e. The second kappa shape index (κ2) is 7.14. The molecule has 0 amide bonds. The summed E-state index contributed by atoms with van der Waals surface area (Å²) < 4.78 is 22.1. The van der Waals surface area contributed by atoms with Gasteiger partial charge < -0.3 is 23.8 Å². The summed E-state index contributed by atoms with van der Waals surface area (Å²) in [5, 5.41) is 0. The van der Waals surface area contributed by atoms with E-state index < -0.39 is 0 Å². The van der Waals surface area contributed by atoms with Crippen molar-refractivity contribution in [3.63, 3.8) is 0 Å². The van der Waals surface area contributed by atoms with Crippen LogP contribution in [0.25, 0.3) is 0 Å². The molecule has 0 saturated carbocycles. The Balaban J connectivity index is 1.49. The minimum absolute atomic E-state index is 0.272. The molecule has 4 rings (SSSR count). The monoisotopic (exact) mass is 343 g/mol. The zero-order valence-electron chi connectivity index (χ0n) is 14.2. The van der Waals surface area contributed by atoms with E-state index in [2.05, 4.69) is 21.8 Å². The van der Waals surface area contributed by atoms with Crippen molar-refractivity contribution in [3.05, 3.63) is 35.5 Å². The zero-order chi connectivity index (χ0) is 17.1. The molecule has 0 atom stereocenters. The van der Waals surface area contributed by atoms with E-state index in [4.69, 9.17) is 18.9 Å². The summed E-state index contributed by atoms with van der Waals surface area (Å²) in [6.07, 6.45) is 0.834. The molecule has 2 aromatic rings. The van der Waals surface area contributed by atoms with Gasteiger partial charge in [0.1, 0.15) is 6.61 Å². The normalized spacial score (nSPS) is 16.1. The smallest absolute Gasteiger partial charge is 0.231 e. The predicted molar refractivity (Wildman–Crippen MR) is 91.3 cm³/mol. The van der Waals surface area contributed by atoms with E-state index in [0.29, 0.717) is 31.6 Å². The van der Waals surface area contributed by atoms with E-state index in [1.54, 1.807) is 0 Å². The highest BCUT2D eigenvalue weighted by atomic mass is 16.7. The van der Waals surface area contributed by atoms with Gasteiger partial charge >= 0.3 is 0 Å². The van der Waals surface area contributed by atoms with E-state index in [0.717, 1.165) is 42.3 Å². The van der Waals surface area contributed by atoms with Gasteiger partial charge in [0.05, 0.1) is 13.2 Å². The van der Waals surface area contributed by atoms with Crippen LogP contribution in [0.3, 0.4) is 0 Å². The number of hydrogen-bond donors (Lipinski definition) is 0. The molecule has 7 heteroatoms. The van der Waals surface area contributed by atoms with E-state index >= 15 is 0 Å². The van der Waals surface area contributed by atoms with Gasteiger partial charge in [-0.1, -0.05) is 13.0 Å². The number of rotatable bonds is 5. The summed E-state index contributed by atoms with van der Waals surface area (Å²) in [4.78, 5) is 11.3. The van der Waals surface area contributed by atoms with Gasteiger partial charge in [0, 0.05) is 24.8 Å². The molecule has 1 aromatic heterocycles. The Bertz CT molecular complexity index is 747. The molecule has 7 nitrogen and oxygen atoms in total. The fourth-order valence-corrected chi connectivity index (χ4v) is 2.81. The van der Waals surface area contributed by atoms with Crippen molar-refractivity contribution in [1.29, 1.82) is 0 Å². The molecule has 1 fully saturated rings. The summed E-state index contributed by atoms with van der Waals surface area (Å²) in [5.41, 5.74) is 1.98. The lowest BCUT2D eigenvalue weighted by Crippen LogP contribution is -2.37. The molecule has 0 aliphatic carbocycles. The highest BCUT2D eigenvalue weighted by molar-refractivity contribution is 5.44. The maximum atomic E-state index is 5.92. The molecule has 132 valence electrons. The van der Waals surface area contributed by atoms with Gasteiger partial charge in [-0.15, -0.1) is 0 Å². The summed E-state index contributed by atoms with van der Waals surface area (Å²) in [5.74, 6) is 2.83. The Labute approximate surface area is 146 Å². The number of benzene rings is 1. The Morgan fingerprint density at radius 3 is 2.76 bits per heavy atom. The van der Waals surface area contributed by atoms with Crippen LogP contribution in [0.4, 0.5) is 5.95 Å². The number of ether oxygens (including phenoxy) is 4. The lowest BCUT2D eigenvalue weighted by Gasteiger charge is -2.27. The van der Waals surface area contributed by atoms with Crippen molar-refractivity contribution in [1.82, 2.24) is 9.97 Å². The highest BCUT2D eigenvalue weighted by Crippen LogP contribution is 2.32. The first kappa shape index (κ1) is 16.0. The van der Waals surface area contributed by atoms with Crippen molar-refractivity contribution in [3.8, 4) is 17.4 Å². The second-order valence-corrected chi connectivity index (χ2v) is 5.93. The number of anilines is 1. The molecule has 2 aliphatic heterocycles. The minimum Gasteiger partial charge on any atom is -0.473 e. The average molecular weight is 343 g/mol. The third-order valence-electron chi connectivity index (χ3n) is 4.22. The van der Waals surface area contributed by atoms with E-state index in [1.165, 1.54) is 0 Å². The van der Waals surface area contributed by atoms with Crippen LogP contribution in [0.2, 0.25) is 0 Å². The van der Waals surface area contributed by atoms with Crippen molar-refractivity contribution >= 4 is 5.95 Å². The quantitative estimate of drug-likeness (QED) is 0.824. The van der Waals surface area contributed by atoms with Gasteiger partial charge in [-0.25, -0.2) is 4.98 Å². The largest absolute Gasteiger partial charge is 0.473 e. The molecule has 25 heavy (non-hydrogen) atoms. The van der Waals surface area contributed by atoms with Gasteiger partial charge in [-0.3, -0.25) is 0 Å². The van der Waals surface area contributed by atoms with E-state index in [9.17, 15) is 0 Å². The van der Waals surface area contributed by atoms with Crippen molar-refractivity contribution in [2.24, 2.45) is 0 Å². The van der Waals surface area contributed by atoms with Gasteiger partial charge in [0.15, 0.2) is 11.5 Å². The Kier molecular flexibility index (Phi) is 4.56. The van der Waals surface area contributed by atoms with Crippen LogP contribution in [0.1, 0.15) is 18.2 Å². The summed E-state index contributed by atoms with van der Waals surface area (Å²) >= 11 is 0. The molecule has 3 heterocycles. The number of aryl methyl sites for hydroxylation is 1. The molecule has 0 spiro atoms. The first-order valence-electron chi connectivity index (χ1n) is 8.54. The van der Waals surface area contributed by atoms with Crippen LogP contribution in [0.5, 0.6) is 17.4 Å². The standard InChI is InChI=1S/C18H21N3O4/c1-2-14-10-17(20-18(19-14)21-5-7-22-8-6-21)23-11-13-3-4-15-16(9-13)25-12-24-15/h3-4,9-10H,2,5-8,11-12H2,1H3. The number of aromatic nitrogens is 2. The number of hydrogen-bond acceptors (Lipinski definition) is 7. The topological polar surface area (TPSA) is 65.9 Å². The van der Waals surface area contributed by atoms with Gasteiger partial charge in [-0.05, 0) is 24.1 Å². The summed E-state index contributed by atoms with van der Waals surface area (Å²) in [7, 11) is 0. The number of morpholine rings is 1. The highest BCUT2D eigenvalue weighted by Gasteiger charge is 2.17. The molecule has 0 bridgehead atoms. The molecular formula is C18H21N3O4. The van der Waals surface area contributed by atoms with E-state index in [1.807, 2.05) is 24.3 Å². The molecule has 1 saturated heterocycles. The summed E-state index contributed by atoms with van der Waals surface area (Å²) in [6, 6.07) is 7.71. The van der Waals surface area contributed by atoms with Crippen molar-refractivity contribution in [2.45, 2.75) is 20.0 Å².